The summed E-state index contributed by atoms with van der Waals surface area (Å²) in [6.07, 6.45) is 9.57. The van der Waals surface area contributed by atoms with E-state index >= 15 is 0 Å². The van der Waals surface area contributed by atoms with Crippen LogP contribution in [-0.4, -0.2) is 11.9 Å². The van der Waals surface area contributed by atoms with Crippen LogP contribution in [0.4, 0.5) is 0 Å². The molecule has 1 fully saturated rings. The maximum atomic E-state index is 11.9. The molecule has 2 heteroatoms. The van der Waals surface area contributed by atoms with Crippen LogP contribution in [0.2, 0.25) is 0 Å². The van der Waals surface area contributed by atoms with Crippen molar-refractivity contribution in [2.45, 2.75) is 71.3 Å². The van der Waals surface area contributed by atoms with E-state index in [1.165, 1.54) is 38.5 Å². The van der Waals surface area contributed by atoms with Crippen LogP contribution in [-0.2, 0) is 4.79 Å². The fourth-order valence-electron chi connectivity index (χ4n) is 2.40. The Balaban J connectivity index is 2.34. The summed E-state index contributed by atoms with van der Waals surface area (Å²) in [6, 6.07) is 0.459. The Bertz CT molecular complexity index is 179. The number of rotatable bonds is 4. The molecule has 0 aromatic rings. The van der Waals surface area contributed by atoms with Gasteiger partial charge < -0.3 is 5.32 Å². The number of carbonyl (C=O) groups is 1. The molecule has 0 aromatic heterocycles. The lowest BCUT2D eigenvalue weighted by Crippen LogP contribution is -2.38. The molecule has 1 amide bonds. The number of hydrogen-bond acceptors (Lipinski definition) is 1. The molecule has 0 radical (unpaired) electrons. The largest absolute Gasteiger partial charge is 0.353 e. The Morgan fingerprint density at radius 2 is 1.67 bits per heavy atom. The van der Waals surface area contributed by atoms with E-state index in [1.54, 1.807) is 0 Å². The molecule has 0 saturated heterocycles. The van der Waals surface area contributed by atoms with Crippen LogP contribution in [0.3, 0.4) is 0 Å². The van der Waals surface area contributed by atoms with Crippen molar-refractivity contribution >= 4 is 5.91 Å². The lowest BCUT2D eigenvalue weighted by molar-refractivity contribution is -0.126. The Labute approximate surface area is 93.8 Å². The molecular weight excluding hydrogens is 186 g/mol. The van der Waals surface area contributed by atoms with E-state index in [0.29, 0.717) is 6.04 Å². The molecule has 1 rings (SSSR count). The third-order valence-electron chi connectivity index (χ3n) is 3.56. The van der Waals surface area contributed by atoms with Gasteiger partial charge in [-0.25, -0.2) is 0 Å². The molecule has 0 aliphatic heterocycles. The molecule has 1 saturated carbocycles. The number of nitrogens with one attached hydrogen (secondary N) is 1. The van der Waals surface area contributed by atoms with Crippen molar-refractivity contribution in [3.63, 3.8) is 0 Å². The molecule has 0 aromatic carbocycles. The first-order chi connectivity index (χ1) is 7.27. The summed E-state index contributed by atoms with van der Waals surface area (Å²) < 4.78 is 0. The van der Waals surface area contributed by atoms with Gasteiger partial charge in [0.05, 0.1) is 0 Å². The molecule has 1 aliphatic rings. The highest BCUT2D eigenvalue weighted by Crippen LogP contribution is 2.18. The standard InChI is InChI=1S/C13H25NO/c1-3-11(4-2)13(15)14-12-9-7-5-6-8-10-12/h11-12H,3-10H2,1-2H3,(H,14,15). The molecule has 15 heavy (non-hydrogen) atoms. The van der Waals surface area contributed by atoms with Gasteiger partial charge in [-0.3, -0.25) is 4.79 Å². The van der Waals surface area contributed by atoms with Crippen LogP contribution in [0.1, 0.15) is 65.2 Å². The highest BCUT2D eigenvalue weighted by atomic mass is 16.1. The van der Waals surface area contributed by atoms with Gasteiger partial charge in [0.1, 0.15) is 0 Å². The van der Waals surface area contributed by atoms with Crippen LogP contribution in [0.25, 0.3) is 0 Å². The topological polar surface area (TPSA) is 29.1 Å². The maximum absolute atomic E-state index is 11.9. The average Bonchev–Trinajstić information content (AvgIpc) is 2.48. The van der Waals surface area contributed by atoms with Crippen molar-refractivity contribution in [3.05, 3.63) is 0 Å². The van der Waals surface area contributed by atoms with Crippen molar-refractivity contribution in [1.82, 2.24) is 5.32 Å². The third-order valence-corrected chi connectivity index (χ3v) is 3.56. The summed E-state index contributed by atoms with van der Waals surface area (Å²) in [6.45, 7) is 4.20. The van der Waals surface area contributed by atoms with Crippen LogP contribution >= 0.6 is 0 Å². The molecule has 88 valence electrons. The van der Waals surface area contributed by atoms with E-state index in [2.05, 4.69) is 19.2 Å². The van der Waals surface area contributed by atoms with Gasteiger partial charge in [-0.2, -0.15) is 0 Å². The van der Waals surface area contributed by atoms with Crippen LogP contribution in [0, 0.1) is 5.92 Å². The summed E-state index contributed by atoms with van der Waals surface area (Å²) in [5.41, 5.74) is 0. The predicted octanol–water partition coefficient (Wildman–Crippen LogP) is 3.26. The highest BCUT2D eigenvalue weighted by Gasteiger charge is 2.19. The van der Waals surface area contributed by atoms with E-state index in [4.69, 9.17) is 0 Å². The summed E-state index contributed by atoms with van der Waals surface area (Å²) in [7, 11) is 0. The Morgan fingerprint density at radius 1 is 1.13 bits per heavy atom. The second-order valence-corrected chi connectivity index (χ2v) is 4.71. The van der Waals surface area contributed by atoms with Crippen molar-refractivity contribution in [2.24, 2.45) is 5.92 Å². The fourth-order valence-corrected chi connectivity index (χ4v) is 2.40. The van der Waals surface area contributed by atoms with Gasteiger partial charge in [0, 0.05) is 12.0 Å². The van der Waals surface area contributed by atoms with Gasteiger partial charge >= 0.3 is 0 Å². The maximum Gasteiger partial charge on any atom is 0.223 e. The van der Waals surface area contributed by atoms with Crippen LogP contribution < -0.4 is 5.32 Å². The Kier molecular flexibility index (Phi) is 5.74. The van der Waals surface area contributed by atoms with E-state index < -0.39 is 0 Å². The summed E-state index contributed by atoms with van der Waals surface area (Å²) in [5, 5.41) is 3.22. The van der Waals surface area contributed by atoms with Gasteiger partial charge in [0.25, 0.3) is 0 Å². The van der Waals surface area contributed by atoms with E-state index in [9.17, 15) is 4.79 Å². The Morgan fingerprint density at radius 3 is 2.13 bits per heavy atom. The normalized spacial score (nSPS) is 18.9. The second-order valence-electron chi connectivity index (χ2n) is 4.71. The summed E-state index contributed by atoms with van der Waals surface area (Å²) in [4.78, 5) is 11.9. The zero-order valence-electron chi connectivity index (χ0n) is 10.2. The number of amides is 1. The summed E-state index contributed by atoms with van der Waals surface area (Å²) in [5.74, 6) is 0.514. The Hall–Kier alpha value is -0.530. The van der Waals surface area contributed by atoms with Crippen molar-refractivity contribution in [3.8, 4) is 0 Å². The zero-order chi connectivity index (χ0) is 11.1. The molecule has 2 nitrogen and oxygen atoms in total. The molecule has 0 atom stereocenters. The molecular formula is C13H25NO. The molecule has 0 heterocycles. The van der Waals surface area contributed by atoms with Crippen molar-refractivity contribution in [2.75, 3.05) is 0 Å². The fraction of sp³-hybridized carbons (Fsp3) is 0.923. The first kappa shape index (κ1) is 12.5. The minimum absolute atomic E-state index is 0.230. The van der Waals surface area contributed by atoms with Crippen LogP contribution in [0.15, 0.2) is 0 Å². The number of hydrogen-bond donors (Lipinski definition) is 1. The average molecular weight is 211 g/mol. The van der Waals surface area contributed by atoms with Crippen LogP contribution in [0.5, 0.6) is 0 Å². The highest BCUT2D eigenvalue weighted by molar-refractivity contribution is 5.78. The van der Waals surface area contributed by atoms with E-state index in [-0.39, 0.29) is 11.8 Å². The van der Waals surface area contributed by atoms with Gasteiger partial charge in [-0.15, -0.1) is 0 Å². The second kappa shape index (κ2) is 6.86. The third kappa shape index (κ3) is 4.23. The zero-order valence-corrected chi connectivity index (χ0v) is 10.2. The monoisotopic (exact) mass is 211 g/mol. The first-order valence-electron chi connectivity index (χ1n) is 6.58. The van der Waals surface area contributed by atoms with Gasteiger partial charge in [-0.1, -0.05) is 39.5 Å². The molecule has 1 aliphatic carbocycles. The van der Waals surface area contributed by atoms with Gasteiger partial charge in [-0.05, 0) is 25.7 Å². The number of carbonyl (C=O) groups excluding carboxylic acids is 1. The molecule has 0 spiro atoms. The minimum Gasteiger partial charge on any atom is -0.353 e. The van der Waals surface area contributed by atoms with Crippen molar-refractivity contribution < 1.29 is 4.79 Å². The van der Waals surface area contributed by atoms with E-state index in [0.717, 1.165) is 12.8 Å². The first-order valence-corrected chi connectivity index (χ1v) is 6.58. The quantitative estimate of drug-likeness (QED) is 0.710. The SMILES string of the molecule is CCC(CC)C(=O)NC1CCCCCC1. The molecule has 0 unspecified atom stereocenters. The van der Waals surface area contributed by atoms with E-state index in [1.807, 2.05) is 0 Å². The molecule has 0 bridgehead atoms. The summed E-state index contributed by atoms with van der Waals surface area (Å²) >= 11 is 0. The smallest absolute Gasteiger partial charge is 0.223 e. The minimum atomic E-state index is 0.230. The van der Waals surface area contributed by atoms with Gasteiger partial charge in [0.15, 0.2) is 0 Å². The van der Waals surface area contributed by atoms with Crippen molar-refractivity contribution in [1.29, 1.82) is 0 Å². The lowest BCUT2D eigenvalue weighted by Gasteiger charge is -2.20. The van der Waals surface area contributed by atoms with Gasteiger partial charge in [0.2, 0.25) is 5.91 Å². The lowest BCUT2D eigenvalue weighted by atomic mass is 10.0. The predicted molar refractivity (Wildman–Crippen MR) is 63.7 cm³/mol. The molecule has 1 N–H and O–H groups in total.